The van der Waals surface area contributed by atoms with Crippen molar-refractivity contribution in [2.45, 2.75) is 20.0 Å². The van der Waals surface area contributed by atoms with Crippen LogP contribution in [0.15, 0.2) is 6.07 Å². The van der Waals surface area contributed by atoms with Crippen LogP contribution in [-0.4, -0.2) is 12.1 Å². The zero-order valence-corrected chi connectivity index (χ0v) is 9.24. The molecule has 88 valence electrons. The molecule has 1 rings (SSSR count). The van der Waals surface area contributed by atoms with Crippen molar-refractivity contribution < 1.29 is 22.7 Å². The fourth-order valence-corrected chi connectivity index (χ4v) is 1.19. The van der Waals surface area contributed by atoms with Gasteiger partial charge in [-0.2, -0.15) is 0 Å². The Labute approximate surface area is 95.0 Å². The summed E-state index contributed by atoms with van der Waals surface area (Å²) in [6.45, 7) is 3.08. The summed E-state index contributed by atoms with van der Waals surface area (Å²) in [7, 11) is 0. The zero-order chi connectivity index (χ0) is 12.5. The third kappa shape index (κ3) is 2.47. The number of ether oxygens (including phenoxy) is 1. The van der Waals surface area contributed by atoms with Gasteiger partial charge in [-0.25, -0.2) is 18.0 Å². The van der Waals surface area contributed by atoms with Crippen LogP contribution in [0.5, 0.6) is 0 Å². The molecule has 0 radical (unpaired) electrons. The Morgan fingerprint density at radius 1 is 1.31 bits per heavy atom. The molecule has 0 fully saturated rings. The van der Waals surface area contributed by atoms with Gasteiger partial charge < -0.3 is 4.74 Å². The molecule has 0 unspecified atom stereocenters. The van der Waals surface area contributed by atoms with Gasteiger partial charge in [-0.3, -0.25) is 0 Å². The molecule has 0 bridgehead atoms. The maximum absolute atomic E-state index is 13.3. The Morgan fingerprint density at radius 3 is 2.38 bits per heavy atom. The lowest BCUT2D eigenvalue weighted by atomic mass is 10.2. The Bertz CT molecular complexity index is 433. The number of hydrogen-bond donors (Lipinski definition) is 0. The molecule has 0 N–H and O–H groups in total. The van der Waals surface area contributed by atoms with Crippen LogP contribution >= 0.6 is 11.6 Å². The number of carbonyl (C=O) groups excluding carboxylic acids is 1. The maximum Gasteiger partial charge on any atom is 0.341 e. The summed E-state index contributed by atoms with van der Waals surface area (Å²) in [6, 6.07) is 0.418. The van der Waals surface area contributed by atoms with Gasteiger partial charge in [-0.05, 0) is 19.9 Å². The predicted molar refractivity (Wildman–Crippen MR) is 51.9 cm³/mol. The molecule has 2 nitrogen and oxygen atoms in total. The monoisotopic (exact) mass is 252 g/mol. The number of hydrogen-bond acceptors (Lipinski definition) is 2. The summed E-state index contributed by atoms with van der Waals surface area (Å²) in [5, 5.41) is -1.06. The van der Waals surface area contributed by atoms with Crippen molar-refractivity contribution in [3.8, 4) is 0 Å². The van der Waals surface area contributed by atoms with E-state index in [1.54, 1.807) is 0 Å². The molecule has 6 heteroatoms. The summed E-state index contributed by atoms with van der Waals surface area (Å²) in [6.07, 6.45) is -0.501. The highest BCUT2D eigenvalue weighted by atomic mass is 35.5. The standard InChI is InChI=1S/C10H8ClF3O2/c1-4(2)16-10(15)5-3-6(12)9(14)7(11)8(5)13/h3-4H,1-2H3. The van der Waals surface area contributed by atoms with Crippen molar-refractivity contribution >= 4 is 17.6 Å². The minimum atomic E-state index is -1.53. The van der Waals surface area contributed by atoms with Crippen LogP contribution in [0.2, 0.25) is 5.02 Å². The highest BCUT2D eigenvalue weighted by molar-refractivity contribution is 6.31. The van der Waals surface area contributed by atoms with Crippen LogP contribution in [-0.2, 0) is 4.74 Å². The second kappa shape index (κ2) is 4.74. The van der Waals surface area contributed by atoms with Crippen molar-refractivity contribution in [2.24, 2.45) is 0 Å². The van der Waals surface area contributed by atoms with E-state index in [2.05, 4.69) is 4.74 Å². The number of carbonyl (C=O) groups is 1. The Kier molecular flexibility index (Phi) is 3.80. The molecule has 0 aliphatic rings. The van der Waals surface area contributed by atoms with E-state index in [1.807, 2.05) is 0 Å². The van der Waals surface area contributed by atoms with Crippen molar-refractivity contribution in [1.29, 1.82) is 0 Å². The topological polar surface area (TPSA) is 26.3 Å². The molecule has 0 saturated carbocycles. The number of halogens is 4. The molecule has 0 aromatic heterocycles. The van der Waals surface area contributed by atoms with Crippen LogP contribution in [0.25, 0.3) is 0 Å². The van der Waals surface area contributed by atoms with E-state index in [0.29, 0.717) is 6.07 Å². The predicted octanol–water partition coefficient (Wildman–Crippen LogP) is 3.32. The second-order valence-electron chi connectivity index (χ2n) is 3.30. The van der Waals surface area contributed by atoms with E-state index in [4.69, 9.17) is 11.6 Å². The molecule has 0 aliphatic carbocycles. The molecule has 1 aromatic rings. The van der Waals surface area contributed by atoms with Gasteiger partial charge in [0.05, 0.1) is 11.7 Å². The molecule has 0 amide bonds. The van der Waals surface area contributed by atoms with E-state index >= 15 is 0 Å². The van der Waals surface area contributed by atoms with Gasteiger partial charge in [-0.1, -0.05) is 11.6 Å². The summed E-state index contributed by atoms with van der Waals surface area (Å²) in [4.78, 5) is 11.3. The average Bonchev–Trinajstić information content (AvgIpc) is 2.19. The Morgan fingerprint density at radius 2 is 1.88 bits per heavy atom. The van der Waals surface area contributed by atoms with E-state index in [0.717, 1.165) is 0 Å². The van der Waals surface area contributed by atoms with Gasteiger partial charge in [0.1, 0.15) is 5.02 Å². The van der Waals surface area contributed by atoms with Crippen molar-refractivity contribution in [2.75, 3.05) is 0 Å². The molecule has 0 spiro atoms. The number of rotatable bonds is 2. The van der Waals surface area contributed by atoms with Crippen molar-refractivity contribution in [3.05, 3.63) is 34.1 Å². The Balaban J connectivity index is 3.20. The van der Waals surface area contributed by atoms with Gasteiger partial charge >= 0.3 is 5.97 Å². The number of benzene rings is 1. The fourth-order valence-electron chi connectivity index (χ4n) is 0.999. The molecular formula is C10H8ClF3O2. The molecule has 0 atom stereocenters. The molecule has 0 saturated heterocycles. The smallest absolute Gasteiger partial charge is 0.341 e. The van der Waals surface area contributed by atoms with Gasteiger partial charge in [0.2, 0.25) is 0 Å². The Hall–Kier alpha value is -1.23. The molecular weight excluding hydrogens is 245 g/mol. The lowest BCUT2D eigenvalue weighted by molar-refractivity contribution is 0.0372. The summed E-state index contributed by atoms with van der Waals surface area (Å²) in [5.74, 6) is -5.35. The first-order valence-corrected chi connectivity index (χ1v) is 4.76. The van der Waals surface area contributed by atoms with E-state index in [9.17, 15) is 18.0 Å². The molecule has 0 aliphatic heterocycles. The maximum atomic E-state index is 13.3. The second-order valence-corrected chi connectivity index (χ2v) is 3.68. The first kappa shape index (κ1) is 12.8. The SMILES string of the molecule is CC(C)OC(=O)c1cc(F)c(F)c(Cl)c1F. The highest BCUT2D eigenvalue weighted by Gasteiger charge is 2.23. The van der Waals surface area contributed by atoms with E-state index in [1.165, 1.54) is 13.8 Å². The first-order chi connectivity index (χ1) is 7.34. The van der Waals surface area contributed by atoms with Crippen molar-refractivity contribution in [3.63, 3.8) is 0 Å². The van der Waals surface area contributed by atoms with Gasteiger partial charge in [0.15, 0.2) is 17.5 Å². The van der Waals surface area contributed by atoms with Gasteiger partial charge in [0, 0.05) is 0 Å². The van der Waals surface area contributed by atoms with E-state index in [-0.39, 0.29) is 0 Å². The van der Waals surface area contributed by atoms with Crippen LogP contribution in [0.1, 0.15) is 24.2 Å². The molecule has 1 aromatic carbocycles. The quantitative estimate of drug-likeness (QED) is 0.458. The fraction of sp³-hybridized carbons (Fsp3) is 0.300. The van der Waals surface area contributed by atoms with Gasteiger partial charge in [-0.15, -0.1) is 0 Å². The third-order valence-electron chi connectivity index (χ3n) is 1.67. The highest BCUT2D eigenvalue weighted by Crippen LogP contribution is 2.25. The minimum Gasteiger partial charge on any atom is -0.459 e. The zero-order valence-electron chi connectivity index (χ0n) is 8.48. The minimum absolute atomic E-state index is 0.418. The van der Waals surface area contributed by atoms with Crippen LogP contribution in [0, 0.1) is 17.5 Å². The van der Waals surface area contributed by atoms with Crippen LogP contribution < -0.4 is 0 Å². The normalized spacial score (nSPS) is 10.7. The lowest BCUT2D eigenvalue weighted by Crippen LogP contribution is -2.14. The van der Waals surface area contributed by atoms with Crippen LogP contribution in [0.4, 0.5) is 13.2 Å². The first-order valence-electron chi connectivity index (χ1n) is 4.38. The third-order valence-corrected chi connectivity index (χ3v) is 2.00. The average molecular weight is 253 g/mol. The molecule has 0 heterocycles. The lowest BCUT2D eigenvalue weighted by Gasteiger charge is -2.09. The van der Waals surface area contributed by atoms with Gasteiger partial charge in [0.25, 0.3) is 0 Å². The summed E-state index contributed by atoms with van der Waals surface area (Å²) in [5.41, 5.74) is -0.724. The van der Waals surface area contributed by atoms with Crippen molar-refractivity contribution in [1.82, 2.24) is 0 Å². The van der Waals surface area contributed by atoms with E-state index < -0.39 is 40.1 Å². The summed E-state index contributed by atoms with van der Waals surface area (Å²) < 4.78 is 43.6. The molecule has 16 heavy (non-hydrogen) atoms. The van der Waals surface area contributed by atoms with Crippen LogP contribution in [0.3, 0.4) is 0 Å². The number of esters is 1. The summed E-state index contributed by atoms with van der Waals surface area (Å²) >= 11 is 5.17. The largest absolute Gasteiger partial charge is 0.459 e.